The third-order valence-electron chi connectivity index (χ3n) is 4.26. The lowest BCUT2D eigenvalue weighted by Gasteiger charge is -2.45. The van der Waals surface area contributed by atoms with E-state index >= 15 is 0 Å². The van der Waals surface area contributed by atoms with E-state index in [1.54, 1.807) is 0 Å². The number of hydrogen-bond acceptors (Lipinski definition) is 7. The van der Waals surface area contributed by atoms with Gasteiger partial charge in [-0.05, 0) is 0 Å². The quantitative estimate of drug-likeness (QED) is 0.325. The molecule has 126 valence electrons. The Hall–Kier alpha value is -1.13. The maximum Gasteiger partial charge on any atom is 0.243 e. The molecule has 0 amide bonds. The van der Waals surface area contributed by atoms with E-state index in [0.717, 1.165) is 78.5 Å². The van der Waals surface area contributed by atoms with Crippen LogP contribution in [0.5, 0.6) is 0 Å². The number of hydrogen-bond donors (Lipinski definition) is 4. The Bertz CT molecular complexity index is 339. The third-order valence-corrected chi connectivity index (χ3v) is 4.26. The van der Waals surface area contributed by atoms with Crippen molar-refractivity contribution in [1.82, 2.24) is 36.1 Å². The summed E-state index contributed by atoms with van der Waals surface area (Å²) < 4.78 is 0. The van der Waals surface area contributed by atoms with Crippen molar-refractivity contribution in [2.75, 3.05) is 78.5 Å². The summed E-state index contributed by atoms with van der Waals surface area (Å²) in [6.07, 6.45) is 0. The molecular formula is C13H29N9. The predicted octanol–water partition coefficient (Wildman–Crippen LogP) is -2.94. The topological polar surface area (TPSA) is 87.4 Å². The Labute approximate surface area is 132 Å². The molecule has 9 nitrogen and oxygen atoms in total. The van der Waals surface area contributed by atoms with Gasteiger partial charge in [-0.3, -0.25) is 5.01 Å². The van der Waals surface area contributed by atoms with Gasteiger partial charge in [0.1, 0.15) is 0 Å². The Balaban J connectivity index is 1.71. The second-order valence-corrected chi connectivity index (χ2v) is 5.86. The Morgan fingerprint density at radius 1 is 0.727 bits per heavy atom. The molecule has 0 spiro atoms. The number of piperazine rings is 3. The number of rotatable bonds is 3. The lowest BCUT2D eigenvalue weighted by atomic mass is 10.4. The van der Waals surface area contributed by atoms with Crippen LogP contribution < -0.4 is 21.7 Å². The highest BCUT2D eigenvalue weighted by molar-refractivity contribution is 5.76. The van der Waals surface area contributed by atoms with Gasteiger partial charge in [0, 0.05) is 78.5 Å². The minimum atomic E-state index is 0.589. The molecule has 9 heteroatoms. The van der Waals surface area contributed by atoms with Gasteiger partial charge in [-0.2, -0.15) is 0 Å². The van der Waals surface area contributed by atoms with E-state index in [9.17, 15) is 0 Å². The SMILES string of the molecule is N/C(=N\N1CCNCC1)N(N1CCNCC1)N1CCNCC1. The van der Waals surface area contributed by atoms with Gasteiger partial charge < -0.3 is 21.7 Å². The average Bonchev–Trinajstić information content (AvgIpc) is 2.58. The zero-order valence-corrected chi connectivity index (χ0v) is 13.3. The molecule has 0 aromatic heterocycles. The highest BCUT2D eigenvalue weighted by Crippen LogP contribution is 2.08. The van der Waals surface area contributed by atoms with Crippen LogP contribution in [0.15, 0.2) is 5.10 Å². The number of hydrazone groups is 1. The van der Waals surface area contributed by atoms with Gasteiger partial charge in [0.05, 0.1) is 0 Å². The van der Waals surface area contributed by atoms with Gasteiger partial charge in [-0.25, -0.2) is 15.1 Å². The third kappa shape index (κ3) is 3.99. The molecule has 0 unspecified atom stereocenters. The first-order valence-corrected chi connectivity index (χ1v) is 8.35. The minimum Gasteiger partial charge on any atom is -0.366 e. The van der Waals surface area contributed by atoms with Crippen molar-refractivity contribution in [3.63, 3.8) is 0 Å². The summed E-state index contributed by atoms with van der Waals surface area (Å²) in [4.78, 5) is 0. The summed E-state index contributed by atoms with van der Waals surface area (Å²) in [5.74, 6) is 0.589. The van der Waals surface area contributed by atoms with E-state index in [-0.39, 0.29) is 0 Å². The van der Waals surface area contributed by atoms with Crippen LogP contribution in [0.2, 0.25) is 0 Å². The van der Waals surface area contributed by atoms with E-state index in [2.05, 4.69) is 41.2 Å². The minimum absolute atomic E-state index is 0.589. The molecule has 0 bridgehead atoms. The highest BCUT2D eigenvalue weighted by atomic mass is 15.9. The van der Waals surface area contributed by atoms with Crippen molar-refractivity contribution >= 4 is 5.96 Å². The smallest absolute Gasteiger partial charge is 0.243 e. The summed E-state index contributed by atoms with van der Waals surface area (Å²) >= 11 is 0. The van der Waals surface area contributed by atoms with Crippen LogP contribution >= 0.6 is 0 Å². The predicted molar refractivity (Wildman–Crippen MR) is 86.8 cm³/mol. The molecule has 0 saturated carbocycles. The lowest BCUT2D eigenvalue weighted by molar-refractivity contribution is -0.136. The molecule has 3 fully saturated rings. The van der Waals surface area contributed by atoms with Crippen LogP contribution in [0, 0.1) is 0 Å². The molecule has 3 saturated heterocycles. The fourth-order valence-corrected chi connectivity index (χ4v) is 3.09. The van der Waals surface area contributed by atoms with Gasteiger partial charge in [0.2, 0.25) is 5.96 Å². The molecule has 0 radical (unpaired) electrons. The molecule has 5 N–H and O–H groups in total. The fraction of sp³-hybridized carbons (Fsp3) is 0.923. The maximum absolute atomic E-state index is 6.40. The van der Waals surface area contributed by atoms with E-state index in [1.807, 2.05) is 0 Å². The first-order valence-electron chi connectivity index (χ1n) is 8.35. The number of nitrogens with one attached hydrogen (secondary N) is 3. The van der Waals surface area contributed by atoms with Crippen LogP contribution in [0.1, 0.15) is 0 Å². The van der Waals surface area contributed by atoms with E-state index in [0.29, 0.717) is 5.96 Å². The molecular weight excluding hydrogens is 282 g/mol. The molecule has 0 aliphatic carbocycles. The molecule has 22 heavy (non-hydrogen) atoms. The van der Waals surface area contributed by atoms with Crippen molar-refractivity contribution in [2.24, 2.45) is 10.8 Å². The second kappa shape index (κ2) is 7.93. The standard InChI is InChI=1S/C13H29N9/c14-13(18-19-7-1-15-2-8-19)22(20-9-3-16-4-10-20)21-11-5-17-6-12-21/h15-17H,1-12H2,(H2,14,18). The van der Waals surface area contributed by atoms with Gasteiger partial charge in [-0.1, -0.05) is 0 Å². The van der Waals surface area contributed by atoms with Crippen molar-refractivity contribution in [3.05, 3.63) is 0 Å². The maximum atomic E-state index is 6.40. The van der Waals surface area contributed by atoms with Gasteiger partial charge in [0.15, 0.2) is 0 Å². The molecule has 3 heterocycles. The second-order valence-electron chi connectivity index (χ2n) is 5.86. The molecule has 3 aliphatic rings. The summed E-state index contributed by atoms with van der Waals surface area (Å²) in [6, 6.07) is 0. The monoisotopic (exact) mass is 311 g/mol. The Kier molecular flexibility index (Phi) is 5.68. The van der Waals surface area contributed by atoms with Crippen LogP contribution in [-0.4, -0.2) is 105 Å². The summed E-state index contributed by atoms with van der Waals surface area (Å²) in [5, 5.41) is 23.6. The van der Waals surface area contributed by atoms with Crippen LogP contribution in [0.3, 0.4) is 0 Å². The Morgan fingerprint density at radius 3 is 1.59 bits per heavy atom. The van der Waals surface area contributed by atoms with Gasteiger partial charge >= 0.3 is 0 Å². The van der Waals surface area contributed by atoms with Gasteiger partial charge in [-0.15, -0.1) is 5.10 Å². The summed E-state index contributed by atoms with van der Waals surface area (Å²) in [7, 11) is 0. The van der Waals surface area contributed by atoms with E-state index in [1.165, 1.54) is 0 Å². The van der Waals surface area contributed by atoms with Crippen molar-refractivity contribution in [1.29, 1.82) is 0 Å². The average molecular weight is 311 g/mol. The first kappa shape index (κ1) is 15.8. The van der Waals surface area contributed by atoms with Crippen molar-refractivity contribution in [3.8, 4) is 0 Å². The molecule has 3 aliphatic heterocycles. The summed E-state index contributed by atoms with van der Waals surface area (Å²) in [5.41, 5.74) is 6.40. The van der Waals surface area contributed by atoms with Crippen LogP contribution in [0.25, 0.3) is 0 Å². The number of nitrogens with zero attached hydrogens (tertiary/aromatic N) is 5. The number of nitrogens with two attached hydrogens (primary N) is 1. The molecule has 0 atom stereocenters. The van der Waals surface area contributed by atoms with E-state index in [4.69, 9.17) is 5.73 Å². The fourth-order valence-electron chi connectivity index (χ4n) is 3.09. The Morgan fingerprint density at radius 2 is 1.14 bits per heavy atom. The number of hydrazine groups is 2. The largest absolute Gasteiger partial charge is 0.366 e. The van der Waals surface area contributed by atoms with Gasteiger partial charge in [0.25, 0.3) is 0 Å². The van der Waals surface area contributed by atoms with Crippen molar-refractivity contribution < 1.29 is 0 Å². The number of guanidine groups is 1. The van der Waals surface area contributed by atoms with Crippen LogP contribution in [-0.2, 0) is 0 Å². The first-order chi connectivity index (χ1) is 10.8. The van der Waals surface area contributed by atoms with Crippen molar-refractivity contribution in [2.45, 2.75) is 0 Å². The van der Waals surface area contributed by atoms with Crippen LogP contribution in [0.4, 0.5) is 0 Å². The van der Waals surface area contributed by atoms with E-state index < -0.39 is 0 Å². The zero-order valence-electron chi connectivity index (χ0n) is 13.3. The zero-order chi connectivity index (χ0) is 15.2. The normalized spacial score (nSPS) is 26.2. The molecule has 3 rings (SSSR count). The molecule has 0 aromatic rings. The highest BCUT2D eigenvalue weighted by Gasteiger charge is 2.27. The lowest BCUT2D eigenvalue weighted by Crippen LogP contribution is -2.65. The molecule has 0 aromatic carbocycles. The summed E-state index contributed by atoms with van der Waals surface area (Å²) in [6.45, 7) is 11.6.